The second kappa shape index (κ2) is 4.86. The van der Waals surface area contributed by atoms with E-state index in [0.717, 1.165) is 18.4 Å². The van der Waals surface area contributed by atoms with Gasteiger partial charge in [0.1, 0.15) is 0 Å². The second-order valence-corrected chi connectivity index (χ2v) is 4.20. The molecule has 1 aromatic carbocycles. The number of amides is 1. The van der Waals surface area contributed by atoms with Gasteiger partial charge in [0.15, 0.2) is 5.84 Å². The number of nitrogens with zero attached hydrogens (tertiary/aromatic N) is 1. The average Bonchev–Trinajstić information content (AvgIpc) is 3.12. The van der Waals surface area contributed by atoms with E-state index >= 15 is 0 Å². The van der Waals surface area contributed by atoms with E-state index in [9.17, 15) is 4.79 Å². The Labute approximate surface area is 99.3 Å². The molecule has 1 aliphatic carbocycles. The van der Waals surface area contributed by atoms with Crippen molar-refractivity contribution in [3.63, 3.8) is 0 Å². The Kier molecular flexibility index (Phi) is 3.27. The Balaban J connectivity index is 1.95. The summed E-state index contributed by atoms with van der Waals surface area (Å²) < 4.78 is 0. The maximum absolute atomic E-state index is 11.5. The van der Waals surface area contributed by atoms with E-state index in [4.69, 9.17) is 10.9 Å². The van der Waals surface area contributed by atoms with E-state index < -0.39 is 0 Å². The van der Waals surface area contributed by atoms with Gasteiger partial charge in [0.2, 0.25) is 5.91 Å². The van der Waals surface area contributed by atoms with Crippen molar-refractivity contribution in [3.05, 3.63) is 35.4 Å². The number of oxime groups is 1. The Morgan fingerprint density at radius 1 is 1.41 bits per heavy atom. The third kappa shape index (κ3) is 3.21. The smallest absolute Gasteiger partial charge is 0.224 e. The summed E-state index contributed by atoms with van der Waals surface area (Å²) in [6, 6.07) is 7.46. The quantitative estimate of drug-likeness (QED) is 0.308. The summed E-state index contributed by atoms with van der Waals surface area (Å²) in [6.45, 7) is 0. The molecule has 0 aliphatic heterocycles. The van der Waals surface area contributed by atoms with Crippen LogP contribution in [0.5, 0.6) is 0 Å². The fourth-order valence-corrected chi connectivity index (χ4v) is 1.54. The van der Waals surface area contributed by atoms with Crippen molar-refractivity contribution >= 4 is 11.7 Å². The number of hydrogen-bond donors (Lipinski definition) is 3. The van der Waals surface area contributed by atoms with E-state index in [1.54, 1.807) is 24.3 Å². The molecule has 5 nitrogen and oxygen atoms in total. The number of carbonyl (C=O) groups is 1. The molecule has 1 aliphatic rings. The molecule has 0 saturated heterocycles. The van der Waals surface area contributed by atoms with E-state index in [1.165, 1.54) is 0 Å². The summed E-state index contributed by atoms with van der Waals surface area (Å²) >= 11 is 0. The van der Waals surface area contributed by atoms with Crippen LogP contribution in [-0.4, -0.2) is 23.0 Å². The molecular formula is C12H15N3O2. The standard InChI is InChI=1S/C12H15N3O2/c13-12(15-17)9-3-1-8(2-4-9)7-11(16)14-10-5-6-10/h1-4,10,17H,5-7H2,(H2,13,15)(H,14,16). The molecule has 90 valence electrons. The second-order valence-electron chi connectivity index (χ2n) is 4.20. The molecule has 0 bridgehead atoms. The van der Waals surface area contributed by atoms with Gasteiger partial charge < -0.3 is 16.3 Å². The summed E-state index contributed by atoms with van der Waals surface area (Å²) in [5.74, 6) is 0.114. The first-order valence-corrected chi connectivity index (χ1v) is 5.55. The lowest BCUT2D eigenvalue weighted by atomic mass is 10.1. The molecule has 0 spiro atoms. The molecule has 0 heterocycles. The maximum Gasteiger partial charge on any atom is 0.224 e. The van der Waals surface area contributed by atoms with Crippen LogP contribution in [0.2, 0.25) is 0 Å². The average molecular weight is 233 g/mol. The van der Waals surface area contributed by atoms with Crippen LogP contribution in [-0.2, 0) is 11.2 Å². The highest BCUT2D eigenvalue weighted by atomic mass is 16.4. The minimum atomic E-state index is 0.0454. The first-order chi connectivity index (χ1) is 8.19. The fourth-order valence-electron chi connectivity index (χ4n) is 1.54. The molecule has 4 N–H and O–H groups in total. The molecule has 1 fully saturated rings. The molecule has 1 aromatic rings. The molecule has 0 aromatic heterocycles. The predicted molar refractivity (Wildman–Crippen MR) is 63.8 cm³/mol. The lowest BCUT2D eigenvalue weighted by Crippen LogP contribution is -2.26. The zero-order valence-electron chi connectivity index (χ0n) is 9.39. The molecule has 0 unspecified atom stereocenters. The Bertz CT molecular complexity index is 436. The molecule has 1 saturated carbocycles. The van der Waals surface area contributed by atoms with Crippen molar-refractivity contribution in [2.75, 3.05) is 0 Å². The van der Waals surface area contributed by atoms with Crippen molar-refractivity contribution in [1.29, 1.82) is 0 Å². The predicted octanol–water partition coefficient (Wildman–Crippen LogP) is 0.602. The van der Waals surface area contributed by atoms with Gasteiger partial charge in [0, 0.05) is 11.6 Å². The van der Waals surface area contributed by atoms with Crippen LogP contribution in [0.15, 0.2) is 29.4 Å². The molecular weight excluding hydrogens is 218 g/mol. The lowest BCUT2D eigenvalue weighted by molar-refractivity contribution is -0.120. The summed E-state index contributed by atoms with van der Waals surface area (Å²) in [7, 11) is 0. The van der Waals surface area contributed by atoms with E-state index in [1.807, 2.05) is 0 Å². The first-order valence-electron chi connectivity index (χ1n) is 5.55. The van der Waals surface area contributed by atoms with Gasteiger partial charge in [0.05, 0.1) is 6.42 Å². The monoisotopic (exact) mass is 233 g/mol. The highest BCUT2D eigenvalue weighted by molar-refractivity contribution is 5.97. The van der Waals surface area contributed by atoms with Gasteiger partial charge >= 0.3 is 0 Å². The SMILES string of the molecule is NC(=NO)c1ccc(CC(=O)NC2CC2)cc1. The van der Waals surface area contributed by atoms with Gasteiger partial charge in [-0.1, -0.05) is 29.4 Å². The number of amidine groups is 1. The minimum Gasteiger partial charge on any atom is -0.409 e. The molecule has 0 atom stereocenters. The molecule has 5 heteroatoms. The molecule has 0 radical (unpaired) electrons. The van der Waals surface area contributed by atoms with Crippen molar-refractivity contribution < 1.29 is 10.0 Å². The van der Waals surface area contributed by atoms with Crippen LogP contribution < -0.4 is 11.1 Å². The van der Waals surface area contributed by atoms with Gasteiger partial charge in [-0.05, 0) is 18.4 Å². The Hall–Kier alpha value is -2.04. The van der Waals surface area contributed by atoms with Crippen LogP contribution >= 0.6 is 0 Å². The molecule has 1 amide bonds. The zero-order valence-corrected chi connectivity index (χ0v) is 9.39. The van der Waals surface area contributed by atoms with Gasteiger partial charge in [-0.3, -0.25) is 4.79 Å². The lowest BCUT2D eigenvalue weighted by Gasteiger charge is -2.04. The number of carbonyl (C=O) groups excluding carboxylic acids is 1. The summed E-state index contributed by atoms with van der Waals surface area (Å²) in [6.07, 6.45) is 2.55. The number of nitrogens with one attached hydrogen (secondary N) is 1. The third-order valence-corrected chi connectivity index (χ3v) is 2.66. The largest absolute Gasteiger partial charge is 0.409 e. The maximum atomic E-state index is 11.5. The van der Waals surface area contributed by atoms with Gasteiger partial charge in [-0.2, -0.15) is 0 Å². The number of hydrogen-bond acceptors (Lipinski definition) is 3. The molecule has 17 heavy (non-hydrogen) atoms. The number of nitrogens with two attached hydrogens (primary N) is 1. The summed E-state index contributed by atoms with van der Waals surface area (Å²) in [5, 5.41) is 14.3. The number of benzene rings is 1. The third-order valence-electron chi connectivity index (χ3n) is 2.66. The highest BCUT2D eigenvalue weighted by Gasteiger charge is 2.22. The minimum absolute atomic E-state index is 0.0454. The Morgan fingerprint density at radius 2 is 2.06 bits per heavy atom. The normalized spacial score (nSPS) is 15.6. The van der Waals surface area contributed by atoms with Crippen molar-refractivity contribution in [2.45, 2.75) is 25.3 Å². The van der Waals surface area contributed by atoms with Crippen LogP contribution in [0.4, 0.5) is 0 Å². The van der Waals surface area contributed by atoms with Crippen LogP contribution in [0.1, 0.15) is 24.0 Å². The van der Waals surface area contributed by atoms with Crippen LogP contribution in [0.3, 0.4) is 0 Å². The van der Waals surface area contributed by atoms with E-state index in [2.05, 4.69) is 10.5 Å². The van der Waals surface area contributed by atoms with Gasteiger partial charge in [0.25, 0.3) is 0 Å². The fraction of sp³-hybridized carbons (Fsp3) is 0.333. The molecule has 2 rings (SSSR count). The van der Waals surface area contributed by atoms with Crippen LogP contribution in [0, 0.1) is 0 Å². The zero-order chi connectivity index (χ0) is 12.3. The van der Waals surface area contributed by atoms with Crippen molar-refractivity contribution in [3.8, 4) is 0 Å². The summed E-state index contributed by atoms with van der Waals surface area (Å²) in [4.78, 5) is 11.5. The number of rotatable bonds is 4. The first kappa shape index (κ1) is 11.4. The van der Waals surface area contributed by atoms with E-state index in [0.29, 0.717) is 18.0 Å². The van der Waals surface area contributed by atoms with Gasteiger partial charge in [-0.25, -0.2) is 0 Å². The van der Waals surface area contributed by atoms with Crippen LogP contribution in [0.25, 0.3) is 0 Å². The summed E-state index contributed by atoms with van der Waals surface area (Å²) in [5.41, 5.74) is 6.99. The highest BCUT2D eigenvalue weighted by Crippen LogP contribution is 2.18. The Morgan fingerprint density at radius 3 is 2.59 bits per heavy atom. The van der Waals surface area contributed by atoms with Gasteiger partial charge in [-0.15, -0.1) is 0 Å². The topological polar surface area (TPSA) is 87.7 Å². The van der Waals surface area contributed by atoms with E-state index in [-0.39, 0.29) is 11.7 Å². The van der Waals surface area contributed by atoms with Crippen molar-refractivity contribution in [1.82, 2.24) is 5.32 Å². The van der Waals surface area contributed by atoms with Crippen molar-refractivity contribution in [2.24, 2.45) is 10.9 Å².